The second-order valence-corrected chi connectivity index (χ2v) is 7.79. The highest BCUT2D eigenvalue weighted by molar-refractivity contribution is 5.85. The van der Waals surface area contributed by atoms with Gasteiger partial charge in [-0.2, -0.15) is 0 Å². The van der Waals surface area contributed by atoms with E-state index in [-0.39, 0.29) is 0 Å². The van der Waals surface area contributed by atoms with E-state index in [0.717, 1.165) is 12.3 Å². The van der Waals surface area contributed by atoms with Gasteiger partial charge in [0.15, 0.2) is 0 Å². The van der Waals surface area contributed by atoms with Crippen molar-refractivity contribution in [1.82, 2.24) is 0 Å². The molecule has 3 atom stereocenters. The summed E-state index contributed by atoms with van der Waals surface area (Å²) >= 11 is 0. The molecule has 114 valence electrons. The lowest BCUT2D eigenvalue weighted by Crippen LogP contribution is -2.13. The lowest BCUT2D eigenvalue weighted by molar-refractivity contribution is 0.541. The van der Waals surface area contributed by atoms with Crippen LogP contribution in [0, 0.1) is 17.3 Å². The van der Waals surface area contributed by atoms with Gasteiger partial charge in [-0.25, -0.2) is 0 Å². The molecular formula is C23H22. The van der Waals surface area contributed by atoms with Gasteiger partial charge < -0.3 is 0 Å². The standard InChI is InChI=1S/C23H22/c1-15-11-16-12-17(20-9-4-3-7-18(15)20)13-23(2)14-22(23)21-10-6-5-8-19(16)21/h3-11,13,21-22H,12,14H2,1-2H3/b17-13+,19-16-. The van der Waals surface area contributed by atoms with Crippen LogP contribution in [0.15, 0.2) is 71.9 Å². The highest BCUT2D eigenvalue weighted by Crippen LogP contribution is 2.62. The number of fused-ring (bicyclic) bond motifs is 7. The van der Waals surface area contributed by atoms with Gasteiger partial charge in [0.2, 0.25) is 0 Å². The molecule has 0 N–H and O–H groups in total. The van der Waals surface area contributed by atoms with E-state index >= 15 is 0 Å². The first-order chi connectivity index (χ1) is 11.2. The molecule has 0 heterocycles. The quantitative estimate of drug-likeness (QED) is 0.554. The minimum Gasteiger partial charge on any atom is -0.0767 e. The van der Waals surface area contributed by atoms with Crippen LogP contribution in [0.4, 0.5) is 0 Å². The summed E-state index contributed by atoms with van der Waals surface area (Å²) in [6.45, 7) is 4.72. The Morgan fingerprint density at radius 3 is 2.78 bits per heavy atom. The summed E-state index contributed by atoms with van der Waals surface area (Å²) in [4.78, 5) is 0. The molecule has 0 heteroatoms. The zero-order valence-electron chi connectivity index (χ0n) is 13.8. The van der Waals surface area contributed by atoms with E-state index in [1.54, 1.807) is 5.57 Å². The van der Waals surface area contributed by atoms with Gasteiger partial charge in [-0.05, 0) is 64.5 Å². The number of benzene rings is 1. The van der Waals surface area contributed by atoms with Gasteiger partial charge in [-0.15, -0.1) is 0 Å². The molecule has 0 amide bonds. The predicted octanol–water partition coefficient (Wildman–Crippen LogP) is 5.96. The number of allylic oxidation sites excluding steroid dienone is 10. The third-order valence-corrected chi connectivity index (χ3v) is 6.19. The van der Waals surface area contributed by atoms with E-state index < -0.39 is 0 Å². The van der Waals surface area contributed by atoms with Gasteiger partial charge in [0.25, 0.3) is 0 Å². The predicted molar refractivity (Wildman–Crippen MR) is 97.7 cm³/mol. The van der Waals surface area contributed by atoms with Crippen molar-refractivity contribution in [3.63, 3.8) is 0 Å². The Hall–Kier alpha value is -2.08. The maximum absolute atomic E-state index is 2.60. The maximum atomic E-state index is 2.60. The second kappa shape index (κ2) is 4.47. The molecule has 2 bridgehead atoms. The van der Waals surface area contributed by atoms with Gasteiger partial charge >= 0.3 is 0 Å². The Bertz CT molecular complexity index is 856. The van der Waals surface area contributed by atoms with Gasteiger partial charge in [-0.1, -0.05) is 67.6 Å². The minimum atomic E-state index is 0.373. The van der Waals surface area contributed by atoms with Crippen LogP contribution in [-0.2, 0) is 0 Å². The average Bonchev–Trinajstić information content (AvgIpc) is 3.25. The maximum Gasteiger partial charge on any atom is 0.00607 e. The molecule has 3 unspecified atom stereocenters. The van der Waals surface area contributed by atoms with Crippen LogP contribution < -0.4 is 0 Å². The molecule has 0 spiro atoms. The summed E-state index contributed by atoms with van der Waals surface area (Å²) in [5.74, 6) is 1.37. The van der Waals surface area contributed by atoms with Crippen LogP contribution in [0.25, 0.3) is 11.1 Å². The molecule has 1 aromatic carbocycles. The Kier molecular flexibility index (Phi) is 2.60. The van der Waals surface area contributed by atoms with Crippen molar-refractivity contribution in [3.8, 4) is 0 Å². The molecule has 23 heavy (non-hydrogen) atoms. The summed E-state index contributed by atoms with van der Waals surface area (Å²) in [5, 5.41) is 0. The van der Waals surface area contributed by atoms with Crippen LogP contribution in [0.5, 0.6) is 0 Å². The third-order valence-electron chi connectivity index (χ3n) is 6.19. The monoisotopic (exact) mass is 298 g/mol. The van der Waals surface area contributed by atoms with Crippen molar-refractivity contribution in [1.29, 1.82) is 0 Å². The summed E-state index contributed by atoms with van der Waals surface area (Å²) in [5.41, 5.74) is 9.22. The highest BCUT2D eigenvalue weighted by Gasteiger charge is 2.53. The van der Waals surface area contributed by atoms with E-state index in [4.69, 9.17) is 0 Å². The van der Waals surface area contributed by atoms with Gasteiger partial charge in [0, 0.05) is 5.92 Å². The Morgan fingerprint density at radius 2 is 1.91 bits per heavy atom. The van der Waals surface area contributed by atoms with Crippen molar-refractivity contribution in [2.24, 2.45) is 17.3 Å². The van der Waals surface area contributed by atoms with E-state index in [0.29, 0.717) is 11.3 Å². The second-order valence-electron chi connectivity index (χ2n) is 7.79. The number of hydrogen-bond acceptors (Lipinski definition) is 0. The Morgan fingerprint density at radius 1 is 1.09 bits per heavy atom. The molecule has 4 aliphatic carbocycles. The molecule has 0 aliphatic heterocycles. The van der Waals surface area contributed by atoms with E-state index in [9.17, 15) is 0 Å². The highest BCUT2D eigenvalue weighted by atomic mass is 14.6. The average molecular weight is 298 g/mol. The van der Waals surface area contributed by atoms with Crippen LogP contribution in [0.3, 0.4) is 0 Å². The van der Waals surface area contributed by atoms with E-state index in [2.05, 4.69) is 74.6 Å². The van der Waals surface area contributed by atoms with Crippen LogP contribution in [0.1, 0.15) is 37.8 Å². The van der Waals surface area contributed by atoms with E-state index in [1.165, 1.54) is 34.3 Å². The van der Waals surface area contributed by atoms with Crippen LogP contribution >= 0.6 is 0 Å². The summed E-state index contributed by atoms with van der Waals surface area (Å²) in [7, 11) is 0. The zero-order valence-corrected chi connectivity index (χ0v) is 13.8. The fraction of sp³-hybridized carbons (Fsp3) is 0.304. The van der Waals surface area contributed by atoms with Crippen molar-refractivity contribution in [2.75, 3.05) is 0 Å². The van der Waals surface area contributed by atoms with Crippen LogP contribution in [0.2, 0.25) is 0 Å². The first-order valence-electron chi connectivity index (χ1n) is 8.73. The smallest absolute Gasteiger partial charge is 0.00607 e. The molecular weight excluding hydrogens is 276 g/mol. The van der Waals surface area contributed by atoms with Crippen LogP contribution in [-0.4, -0.2) is 0 Å². The molecule has 0 nitrogen and oxygen atoms in total. The molecule has 5 rings (SSSR count). The van der Waals surface area contributed by atoms with Gasteiger partial charge in [0.05, 0.1) is 0 Å². The molecule has 1 fully saturated rings. The molecule has 0 aromatic heterocycles. The van der Waals surface area contributed by atoms with E-state index in [1.807, 2.05) is 0 Å². The van der Waals surface area contributed by atoms with Crippen molar-refractivity contribution >= 4 is 11.1 Å². The van der Waals surface area contributed by atoms with Crippen molar-refractivity contribution < 1.29 is 0 Å². The molecule has 1 saturated carbocycles. The lowest BCUT2D eigenvalue weighted by Gasteiger charge is -2.25. The summed E-state index contributed by atoms with van der Waals surface area (Å²) in [6.07, 6.45) is 16.7. The number of hydrogen-bond donors (Lipinski definition) is 0. The Labute approximate surface area is 138 Å². The molecule has 0 radical (unpaired) electrons. The fourth-order valence-electron chi connectivity index (χ4n) is 4.86. The Balaban J connectivity index is 1.81. The summed E-state index contributed by atoms with van der Waals surface area (Å²) < 4.78 is 0. The van der Waals surface area contributed by atoms with Crippen molar-refractivity contribution in [2.45, 2.75) is 26.7 Å². The van der Waals surface area contributed by atoms with Gasteiger partial charge in [0.1, 0.15) is 0 Å². The zero-order chi connectivity index (χ0) is 15.6. The fourth-order valence-corrected chi connectivity index (χ4v) is 4.86. The largest absolute Gasteiger partial charge is 0.0767 e. The summed E-state index contributed by atoms with van der Waals surface area (Å²) in [6, 6.07) is 8.94. The van der Waals surface area contributed by atoms with Gasteiger partial charge in [-0.3, -0.25) is 0 Å². The topological polar surface area (TPSA) is 0 Å². The minimum absolute atomic E-state index is 0.373. The third kappa shape index (κ3) is 1.91. The first-order valence-corrected chi connectivity index (χ1v) is 8.73. The lowest BCUT2D eigenvalue weighted by atomic mass is 9.79. The first kappa shape index (κ1) is 13.4. The molecule has 0 saturated heterocycles. The SMILES string of the molecule is CC1=C/C2=C3\C=CC=CC3C3CC3(C)/C=C(\C2)c2ccccc21. The van der Waals surface area contributed by atoms with Crippen molar-refractivity contribution in [3.05, 3.63) is 83.0 Å². The molecule has 4 aliphatic rings. The normalized spacial score (nSPS) is 38.9. The number of rotatable bonds is 0. The molecule has 1 aromatic rings.